The number of nitrogens with zero attached hydrogens (tertiary/aromatic N) is 4. The first-order valence-corrected chi connectivity index (χ1v) is 9.69. The van der Waals surface area contributed by atoms with Crippen LogP contribution in [0.4, 0.5) is 0 Å². The van der Waals surface area contributed by atoms with Gasteiger partial charge in [0, 0.05) is 18.6 Å². The molecule has 0 unspecified atom stereocenters. The Labute approximate surface area is 195 Å². The van der Waals surface area contributed by atoms with Gasteiger partial charge >= 0.3 is 21.1 Å². The van der Waals surface area contributed by atoms with E-state index in [0.29, 0.717) is 0 Å². The average molecular weight is 582 g/mol. The van der Waals surface area contributed by atoms with Crippen LogP contribution in [0.5, 0.6) is 0 Å². The molecule has 3 aromatic carbocycles. The molecule has 0 spiro atoms. The van der Waals surface area contributed by atoms with Crippen molar-refractivity contribution < 1.29 is 21.1 Å². The normalized spacial score (nSPS) is 10.3. The van der Waals surface area contributed by atoms with E-state index >= 15 is 0 Å². The molecule has 0 aliphatic heterocycles. The SMILES string of the molecule is [Pt+2].[c-]1ccccc1-c1ccccn1.[c-]1ccccc1-n1c2ccccc2n2ccnc12. The van der Waals surface area contributed by atoms with Crippen LogP contribution >= 0.6 is 0 Å². The van der Waals surface area contributed by atoms with Crippen molar-refractivity contribution in [2.45, 2.75) is 0 Å². The molecular formula is C26H18N4Pt. The minimum atomic E-state index is 0. The summed E-state index contributed by atoms with van der Waals surface area (Å²) >= 11 is 0. The van der Waals surface area contributed by atoms with Gasteiger partial charge in [0.05, 0.1) is 11.0 Å². The van der Waals surface area contributed by atoms with Crippen LogP contribution in [-0.4, -0.2) is 18.9 Å². The van der Waals surface area contributed by atoms with E-state index in [1.165, 1.54) is 0 Å². The molecule has 4 nitrogen and oxygen atoms in total. The Hall–Kier alpha value is -3.49. The molecule has 0 bridgehead atoms. The quantitative estimate of drug-likeness (QED) is 0.249. The van der Waals surface area contributed by atoms with Crippen LogP contribution in [0.1, 0.15) is 0 Å². The molecule has 0 atom stereocenters. The van der Waals surface area contributed by atoms with Crippen molar-refractivity contribution in [3.05, 3.63) is 122 Å². The minimum Gasteiger partial charge on any atom is -0.305 e. The summed E-state index contributed by atoms with van der Waals surface area (Å²) in [6, 6.07) is 36.3. The van der Waals surface area contributed by atoms with E-state index in [1.807, 2.05) is 91.3 Å². The predicted octanol–water partition coefficient (Wildman–Crippen LogP) is 5.62. The van der Waals surface area contributed by atoms with Gasteiger partial charge in [0.2, 0.25) is 5.78 Å². The summed E-state index contributed by atoms with van der Waals surface area (Å²) in [6.07, 6.45) is 5.59. The van der Waals surface area contributed by atoms with Gasteiger partial charge in [-0.05, 0) is 23.9 Å². The molecule has 0 fully saturated rings. The molecule has 0 aliphatic rings. The van der Waals surface area contributed by atoms with Gasteiger partial charge in [-0.15, -0.1) is 42.0 Å². The van der Waals surface area contributed by atoms with Crippen LogP contribution in [0.15, 0.2) is 110 Å². The van der Waals surface area contributed by atoms with Crippen LogP contribution in [0, 0.1) is 12.1 Å². The molecule has 0 radical (unpaired) electrons. The Morgan fingerprint density at radius 1 is 0.645 bits per heavy atom. The largest absolute Gasteiger partial charge is 2.00 e. The monoisotopic (exact) mass is 581 g/mol. The van der Waals surface area contributed by atoms with E-state index in [0.717, 1.165) is 33.8 Å². The van der Waals surface area contributed by atoms with Gasteiger partial charge in [-0.2, -0.15) is 24.3 Å². The molecule has 0 N–H and O–H groups in total. The Bertz CT molecular complexity index is 1340. The molecule has 5 heteroatoms. The third-order valence-electron chi connectivity index (χ3n) is 4.79. The Balaban J connectivity index is 0.000000156. The van der Waals surface area contributed by atoms with E-state index in [-0.39, 0.29) is 21.1 Å². The maximum Gasteiger partial charge on any atom is 2.00 e. The number of hydrogen-bond acceptors (Lipinski definition) is 2. The van der Waals surface area contributed by atoms with Gasteiger partial charge in [-0.1, -0.05) is 30.0 Å². The van der Waals surface area contributed by atoms with Gasteiger partial charge in [0.1, 0.15) is 0 Å². The van der Waals surface area contributed by atoms with Crippen molar-refractivity contribution in [1.29, 1.82) is 0 Å². The second kappa shape index (κ2) is 9.55. The van der Waals surface area contributed by atoms with Gasteiger partial charge in [-0.3, -0.25) is 4.40 Å². The van der Waals surface area contributed by atoms with Crippen molar-refractivity contribution in [3.63, 3.8) is 0 Å². The smallest absolute Gasteiger partial charge is 0.305 e. The third kappa shape index (κ3) is 4.21. The van der Waals surface area contributed by atoms with Crippen LogP contribution in [0.2, 0.25) is 0 Å². The number of para-hydroxylation sites is 3. The zero-order valence-electron chi connectivity index (χ0n) is 16.5. The molecule has 0 amide bonds. The number of hydrogen-bond donors (Lipinski definition) is 0. The molecule has 3 aromatic heterocycles. The standard InChI is InChI=1S/C15H10N3.C11H8N.Pt/c1-2-6-12(7-3-1)18-14-9-5-4-8-13(14)17-11-10-16-15(17)18;1-2-6-10(7-3-1)11-8-4-5-9-12-11;/h1-6,8-11H;1-6,8-9H;/q2*-1;+2. The van der Waals surface area contributed by atoms with Crippen molar-refractivity contribution >= 4 is 16.8 Å². The zero-order chi connectivity index (χ0) is 20.2. The third-order valence-corrected chi connectivity index (χ3v) is 4.79. The van der Waals surface area contributed by atoms with Crippen LogP contribution < -0.4 is 0 Å². The van der Waals surface area contributed by atoms with Gasteiger partial charge in [-0.25, -0.2) is 4.98 Å². The predicted molar refractivity (Wildman–Crippen MR) is 119 cm³/mol. The second-order valence-corrected chi connectivity index (χ2v) is 6.66. The Kier molecular flexibility index (Phi) is 6.39. The molecule has 0 aliphatic carbocycles. The van der Waals surface area contributed by atoms with E-state index in [4.69, 9.17) is 0 Å². The first-order valence-electron chi connectivity index (χ1n) is 9.69. The average Bonchev–Trinajstić information content (AvgIpc) is 3.42. The van der Waals surface area contributed by atoms with E-state index in [9.17, 15) is 0 Å². The van der Waals surface area contributed by atoms with Crippen molar-refractivity contribution in [3.8, 4) is 16.9 Å². The van der Waals surface area contributed by atoms with Crippen LogP contribution in [0.25, 0.3) is 33.8 Å². The minimum absolute atomic E-state index is 0. The maximum atomic E-state index is 4.44. The fraction of sp³-hybridized carbons (Fsp3) is 0. The molecule has 152 valence electrons. The van der Waals surface area contributed by atoms with Gasteiger partial charge in [0.25, 0.3) is 0 Å². The summed E-state index contributed by atoms with van der Waals surface area (Å²) in [5, 5.41) is 0. The van der Waals surface area contributed by atoms with E-state index in [1.54, 1.807) is 6.20 Å². The topological polar surface area (TPSA) is 35.1 Å². The van der Waals surface area contributed by atoms with Gasteiger partial charge < -0.3 is 9.55 Å². The summed E-state index contributed by atoms with van der Waals surface area (Å²) in [5.74, 6) is 0.915. The summed E-state index contributed by atoms with van der Waals surface area (Å²) in [4.78, 5) is 8.66. The van der Waals surface area contributed by atoms with Crippen molar-refractivity contribution in [2.24, 2.45) is 0 Å². The van der Waals surface area contributed by atoms with Gasteiger partial charge in [0.15, 0.2) is 0 Å². The zero-order valence-corrected chi connectivity index (χ0v) is 18.8. The molecule has 0 saturated carbocycles. The number of pyridine rings is 1. The maximum absolute atomic E-state index is 4.44. The summed E-state index contributed by atoms with van der Waals surface area (Å²) < 4.78 is 4.21. The van der Waals surface area contributed by atoms with E-state index in [2.05, 4.69) is 43.2 Å². The molecule has 31 heavy (non-hydrogen) atoms. The number of imidazole rings is 2. The fourth-order valence-electron chi connectivity index (χ4n) is 3.45. The molecular weight excluding hydrogens is 563 g/mol. The summed E-state index contributed by atoms with van der Waals surface area (Å²) in [6.45, 7) is 0. The first kappa shape index (κ1) is 20.8. The van der Waals surface area contributed by atoms with Crippen LogP contribution in [0.3, 0.4) is 0 Å². The molecule has 3 heterocycles. The number of aromatic nitrogens is 4. The number of rotatable bonds is 2. The summed E-state index contributed by atoms with van der Waals surface area (Å²) in [5.41, 5.74) is 5.32. The Morgan fingerprint density at radius 3 is 2.10 bits per heavy atom. The molecule has 0 saturated heterocycles. The van der Waals surface area contributed by atoms with Crippen molar-refractivity contribution in [1.82, 2.24) is 18.9 Å². The number of benzene rings is 3. The fourth-order valence-corrected chi connectivity index (χ4v) is 3.45. The first-order chi connectivity index (χ1) is 14.9. The molecule has 6 aromatic rings. The second-order valence-electron chi connectivity index (χ2n) is 6.66. The molecule has 6 rings (SSSR count). The van der Waals surface area contributed by atoms with E-state index < -0.39 is 0 Å². The summed E-state index contributed by atoms with van der Waals surface area (Å²) in [7, 11) is 0. The van der Waals surface area contributed by atoms with Crippen LogP contribution in [-0.2, 0) is 21.1 Å². The van der Waals surface area contributed by atoms with Crippen molar-refractivity contribution in [2.75, 3.05) is 0 Å². The number of fused-ring (bicyclic) bond motifs is 3. The Morgan fingerprint density at radius 2 is 1.39 bits per heavy atom.